The molecule has 0 saturated heterocycles. The van der Waals surface area contributed by atoms with Crippen molar-refractivity contribution < 1.29 is 13.9 Å². The van der Waals surface area contributed by atoms with Gasteiger partial charge in [0.2, 0.25) is 5.91 Å². The summed E-state index contributed by atoms with van der Waals surface area (Å²) in [7, 11) is 0. The quantitative estimate of drug-likeness (QED) is 0.446. The molecular weight excluding hydrogens is 403 g/mol. The smallest absolute Gasteiger partial charge is 0.226 e. The molecule has 2 N–H and O–H groups in total. The van der Waals surface area contributed by atoms with Crippen molar-refractivity contribution in [2.75, 3.05) is 10.6 Å². The molecule has 1 amide bonds. The molecule has 0 unspecified atom stereocenters. The zero-order valence-electron chi connectivity index (χ0n) is 16.9. The molecule has 0 atom stereocenters. The molecule has 0 aliphatic carbocycles. The van der Waals surface area contributed by atoms with Gasteiger partial charge in [-0.2, -0.15) is 0 Å². The van der Waals surface area contributed by atoms with Crippen molar-refractivity contribution in [1.29, 1.82) is 0 Å². The maximum Gasteiger partial charge on any atom is 0.226 e. The summed E-state index contributed by atoms with van der Waals surface area (Å²) in [6.07, 6.45) is 0. The molecule has 0 bridgehead atoms. The molecule has 4 nitrogen and oxygen atoms in total. The molecule has 0 aromatic heterocycles. The average molecular weight is 427 g/mol. The lowest BCUT2D eigenvalue weighted by Crippen LogP contribution is -2.17. The minimum atomic E-state index is -0.365. The summed E-state index contributed by atoms with van der Waals surface area (Å²) in [5.74, 6) is 0.294. The monoisotopic (exact) mass is 426 g/mol. The highest BCUT2D eigenvalue weighted by Gasteiger charge is 2.07. The SMILES string of the molecule is CC(C)C(=O)Nc1ccc(NCc2ccc(OCc3ccc(F)cc3Cl)cc2)cc1. The summed E-state index contributed by atoms with van der Waals surface area (Å²) in [5, 5.41) is 6.57. The predicted molar refractivity (Wildman–Crippen MR) is 119 cm³/mol. The minimum Gasteiger partial charge on any atom is -0.489 e. The van der Waals surface area contributed by atoms with Crippen LogP contribution in [0.4, 0.5) is 15.8 Å². The standard InChI is InChI=1S/C24H24ClFN2O2/c1-16(2)24(29)28-21-9-7-20(8-10-21)27-14-17-3-11-22(12-4-17)30-15-18-5-6-19(26)13-23(18)25/h3-13,16,27H,14-15H2,1-2H3,(H,28,29). The van der Waals surface area contributed by atoms with E-state index in [1.54, 1.807) is 6.07 Å². The van der Waals surface area contributed by atoms with Crippen molar-refractivity contribution in [3.8, 4) is 5.75 Å². The Morgan fingerprint density at radius 3 is 2.30 bits per heavy atom. The van der Waals surface area contributed by atoms with E-state index in [1.807, 2.05) is 62.4 Å². The van der Waals surface area contributed by atoms with Crippen LogP contribution in [0, 0.1) is 11.7 Å². The molecule has 0 saturated carbocycles. The van der Waals surface area contributed by atoms with Gasteiger partial charge in [0.1, 0.15) is 18.2 Å². The number of hydrogen-bond donors (Lipinski definition) is 2. The Balaban J connectivity index is 1.49. The topological polar surface area (TPSA) is 50.4 Å². The summed E-state index contributed by atoms with van der Waals surface area (Å²) in [5.41, 5.74) is 3.57. The van der Waals surface area contributed by atoms with Gasteiger partial charge in [0.15, 0.2) is 0 Å². The fourth-order valence-corrected chi connectivity index (χ4v) is 2.89. The Morgan fingerprint density at radius 1 is 1.00 bits per heavy atom. The largest absolute Gasteiger partial charge is 0.489 e. The average Bonchev–Trinajstić information content (AvgIpc) is 2.73. The predicted octanol–water partition coefficient (Wildman–Crippen LogP) is 6.26. The number of carbonyl (C=O) groups excluding carboxylic acids is 1. The molecule has 0 heterocycles. The number of anilines is 2. The van der Waals surface area contributed by atoms with Crippen LogP contribution in [0.2, 0.25) is 5.02 Å². The fourth-order valence-electron chi connectivity index (χ4n) is 2.67. The van der Waals surface area contributed by atoms with E-state index in [0.29, 0.717) is 17.3 Å². The normalized spacial score (nSPS) is 10.7. The first-order valence-corrected chi connectivity index (χ1v) is 10.1. The number of halogens is 2. The highest BCUT2D eigenvalue weighted by atomic mass is 35.5. The number of benzene rings is 3. The maximum absolute atomic E-state index is 13.1. The van der Waals surface area contributed by atoms with Crippen LogP contribution in [0.5, 0.6) is 5.75 Å². The van der Waals surface area contributed by atoms with E-state index in [1.165, 1.54) is 12.1 Å². The molecule has 0 radical (unpaired) electrons. The summed E-state index contributed by atoms with van der Waals surface area (Å²) < 4.78 is 18.8. The minimum absolute atomic E-state index is 0.000262. The van der Waals surface area contributed by atoms with Crippen LogP contribution in [0.1, 0.15) is 25.0 Å². The van der Waals surface area contributed by atoms with Crippen molar-refractivity contribution in [1.82, 2.24) is 0 Å². The van der Waals surface area contributed by atoms with Crippen molar-refractivity contribution in [3.05, 3.63) is 88.7 Å². The Kier molecular flexibility index (Phi) is 7.31. The van der Waals surface area contributed by atoms with Crippen LogP contribution in [-0.2, 0) is 17.9 Å². The molecule has 0 aliphatic heterocycles. The molecule has 156 valence electrons. The lowest BCUT2D eigenvalue weighted by atomic mass is 10.2. The molecule has 0 aliphatic rings. The second-order valence-corrected chi connectivity index (χ2v) is 7.65. The van der Waals surface area contributed by atoms with E-state index in [0.717, 1.165) is 22.5 Å². The van der Waals surface area contributed by atoms with Gasteiger partial charge in [-0.3, -0.25) is 4.79 Å². The Labute approximate surface area is 181 Å². The first kappa shape index (κ1) is 21.7. The van der Waals surface area contributed by atoms with Gasteiger partial charge in [-0.05, 0) is 54.1 Å². The second kappa shape index (κ2) is 10.1. The van der Waals surface area contributed by atoms with Crippen molar-refractivity contribution in [3.63, 3.8) is 0 Å². The summed E-state index contributed by atoms with van der Waals surface area (Å²) >= 11 is 6.02. The molecule has 30 heavy (non-hydrogen) atoms. The van der Waals surface area contributed by atoms with E-state index < -0.39 is 0 Å². The lowest BCUT2D eigenvalue weighted by molar-refractivity contribution is -0.118. The van der Waals surface area contributed by atoms with Crippen molar-refractivity contribution in [2.45, 2.75) is 27.0 Å². The van der Waals surface area contributed by atoms with Gasteiger partial charge in [-0.1, -0.05) is 43.6 Å². The third kappa shape index (κ3) is 6.22. The number of nitrogens with one attached hydrogen (secondary N) is 2. The Bertz CT molecular complexity index is 989. The van der Waals surface area contributed by atoms with E-state index in [2.05, 4.69) is 10.6 Å². The first-order valence-electron chi connectivity index (χ1n) is 9.71. The molecule has 3 aromatic rings. The lowest BCUT2D eigenvalue weighted by Gasteiger charge is -2.11. The van der Waals surface area contributed by atoms with Gasteiger partial charge < -0.3 is 15.4 Å². The second-order valence-electron chi connectivity index (χ2n) is 7.24. The Morgan fingerprint density at radius 2 is 1.67 bits per heavy atom. The highest BCUT2D eigenvalue weighted by Crippen LogP contribution is 2.21. The number of carbonyl (C=O) groups is 1. The number of amides is 1. The van der Waals surface area contributed by atoms with E-state index >= 15 is 0 Å². The van der Waals surface area contributed by atoms with Crippen LogP contribution < -0.4 is 15.4 Å². The van der Waals surface area contributed by atoms with Crippen LogP contribution in [-0.4, -0.2) is 5.91 Å². The molecule has 0 spiro atoms. The molecule has 0 fully saturated rings. The van der Waals surface area contributed by atoms with Crippen LogP contribution >= 0.6 is 11.6 Å². The van der Waals surface area contributed by atoms with Crippen molar-refractivity contribution in [2.24, 2.45) is 5.92 Å². The number of hydrogen-bond acceptors (Lipinski definition) is 3. The summed E-state index contributed by atoms with van der Waals surface area (Å²) in [4.78, 5) is 11.7. The van der Waals surface area contributed by atoms with E-state index in [9.17, 15) is 9.18 Å². The zero-order chi connectivity index (χ0) is 21.5. The van der Waals surface area contributed by atoms with Gasteiger partial charge in [0, 0.05) is 29.4 Å². The highest BCUT2D eigenvalue weighted by molar-refractivity contribution is 6.31. The molecule has 6 heteroatoms. The van der Waals surface area contributed by atoms with Gasteiger partial charge in [-0.15, -0.1) is 0 Å². The van der Waals surface area contributed by atoms with Gasteiger partial charge in [-0.25, -0.2) is 4.39 Å². The molecule has 3 rings (SSSR count). The molecule has 3 aromatic carbocycles. The summed E-state index contributed by atoms with van der Waals surface area (Å²) in [6, 6.07) is 19.6. The van der Waals surface area contributed by atoms with E-state index in [4.69, 9.17) is 16.3 Å². The van der Waals surface area contributed by atoms with E-state index in [-0.39, 0.29) is 24.2 Å². The van der Waals surface area contributed by atoms with Gasteiger partial charge >= 0.3 is 0 Å². The number of ether oxygens (including phenoxy) is 1. The molecular formula is C24H24ClFN2O2. The fraction of sp³-hybridized carbons (Fsp3) is 0.208. The van der Waals surface area contributed by atoms with Crippen LogP contribution in [0.15, 0.2) is 66.7 Å². The first-order chi connectivity index (χ1) is 14.4. The van der Waals surface area contributed by atoms with Gasteiger partial charge in [0.25, 0.3) is 0 Å². The zero-order valence-corrected chi connectivity index (χ0v) is 17.7. The third-order valence-electron chi connectivity index (χ3n) is 4.51. The van der Waals surface area contributed by atoms with Crippen molar-refractivity contribution >= 4 is 28.9 Å². The third-order valence-corrected chi connectivity index (χ3v) is 4.86. The van der Waals surface area contributed by atoms with Crippen LogP contribution in [0.3, 0.4) is 0 Å². The summed E-state index contributed by atoms with van der Waals surface area (Å²) in [6.45, 7) is 4.65. The van der Waals surface area contributed by atoms with Crippen LogP contribution in [0.25, 0.3) is 0 Å². The van der Waals surface area contributed by atoms with Gasteiger partial charge in [0.05, 0.1) is 5.02 Å². The maximum atomic E-state index is 13.1. The Hall–Kier alpha value is -3.05. The number of rotatable bonds is 8.